The molecule has 1 aromatic rings. The minimum atomic E-state index is -0.286. The zero-order chi connectivity index (χ0) is 17.4. The van der Waals surface area contributed by atoms with Crippen LogP contribution >= 0.6 is 23.2 Å². The molecule has 0 saturated heterocycles. The number of rotatable bonds is 8. The summed E-state index contributed by atoms with van der Waals surface area (Å²) in [7, 11) is 4.54. The molecule has 0 radical (unpaired) electrons. The maximum Gasteiger partial charge on any atom is 0.228 e. The van der Waals surface area contributed by atoms with Crippen LogP contribution in [0.1, 0.15) is 12.8 Å². The van der Waals surface area contributed by atoms with Gasteiger partial charge in [-0.3, -0.25) is 9.59 Å². The predicted molar refractivity (Wildman–Crippen MR) is 92.3 cm³/mol. The van der Waals surface area contributed by atoms with E-state index in [1.54, 1.807) is 19.2 Å². The quantitative estimate of drug-likeness (QED) is 0.722. The first-order valence-corrected chi connectivity index (χ1v) is 8.00. The van der Waals surface area contributed by atoms with E-state index in [1.165, 1.54) is 19.1 Å². The van der Waals surface area contributed by atoms with Gasteiger partial charge >= 0.3 is 0 Å². The zero-order valence-corrected chi connectivity index (χ0v) is 14.8. The Hall–Kier alpha value is -1.66. The molecule has 0 bridgehead atoms. The minimum absolute atomic E-state index is 0.140. The molecule has 0 aliphatic carbocycles. The summed E-state index contributed by atoms with van der Waals surface area (Å²) in [4.78, 5) is 25.5. The molecule has 6 nitrogen and oxygen atoms in total. The SMILES string of the molecule is COc1ccc(OC)c(N(C)C(=O)CCCl)c1NC(=O)CCCl. The van der Waals surface area contributed by atoms with Crippen molar-refractivity contribution in [2.45, 2.75) is 12.8 Å². The van der Waals surface area contributed by atoms with Gasteiger partial charge in [0.05, 0.1) is 14.2 Å². The summed E-state index contributed by atoms with van der Waals surface area (Å²) < 4.78 is 10.6. The molecule has 0 spiro atoms. The molecule has 23 heavy (non-hydrogen) atoms. The van der Waals surface area contributed by atoms with Crippen molar-refractivity contribution < 1.29 is 19.1 Å². The molecule has 0 aliphatic heterocycles. The van der Waals surface area contributed by atoms with Crippen LogP contribution in [0.5, 0.6) is 11.5 Å². The molecular weight excluding hydrogens is 343 g/mol. The highest BCUT2D eigenvalue weighted by molar-refractivity contribution is 6.20. The summed E-state index contributed by atoms with van der Waals surface area (Å²) in [5.41, 5.74) is 0.761. The lowest BCUT2D eigenvalue weighted by Gasteiger charge is -2.24. The van der Waals surface area contributed by atoms with Crippen molar-refractivity contribution >= 4 is 46.4 Å². The molecule has 0 aromatic heterocycles. The highest BCUT2D eigenvalue weighted by atomic mass is 35.5. The second-order valence-electron chi connectivity index (χ2n) is 4.57. The molecule has 8 heteroatoms. The summed E-state index contributed by atoms with van der Waals surface area (Å²) in [6.07, 6.45) is 0.300. The third-order valence-electron chi connectivity index (χ3n) is 3.15. The molecular formula is C15H20Cl2N2O4. The predicted octanol–water partition coefficient (Wildman–Crippen LogP) is 2.86. The number of carbonyl (C=O) groups is 2. The molecule has 1 N–H and O–H groups in total. The molecule has 1 rings (SSSR count). The summed E-state index contributed by atoms with van der Waals surface area (Å²) in [5.74, 6) is 0.731. The smallest absolute Gasteiger partial charge is 0.228 e. The maximum absolute atomic E-state index is 12.2. The van der Waals surface area contributed by atoms with Crippen LogP contribution in [0.15, 0.2) is 12.1 Å². The van der Waals surface area contributed by atoms with Gasteiger partial charge in [0, 0.05) is 31.6 Å². The lowest BCUT2D eigenvalue weighted by molar-refractivity contribution is -0.118. The molecule has 0 atom stereocenters. The number of methoxy groups -OCH3 is 2. The van der Waals surface area contributed by atoms with E-state index >= 15 is 0 Å². The Bertz CT molecular complexity index is 567. The molecule has 0 saturated carbocycles. The average molecular weight is 363 g/mol. The monoisotopic (exact) mass is 362 g/mol. The number of hydrogen-bond donors (Lipinski definition) is 1. The summed E-state index contributed by atoms with van der Waals surface area (Å²) in [6, 6.07) is 3.31. The van der Waals surface area contributed by atoms with Crippen molar-refractivity contribution in [3.63, 3.8) is 0 Å². The summed E-state index contributed by atoms with van der Waals surface area (Å²) in [5, 5.41) is 2.73. The highest BCUT2D eigenvalue weighted by Crippen LogP contribution is 2.42. The first kappa shape index (κ1) is 19.4. The van der Waals surface area contributed by atoms with Crippen molar-refractivity contribution in [1.82, 2.24) is 0 Å². The lowest BCUT2D eigenvalue weighted by atomic mass is 10.2. The molecule has 0 unspecified atom stereocenters. The summed E-state index contributed by atoms with van der Waals surface area (Å²) >= 11 is 11.2. The molecule has 0 aliphatic rings. The van der Waals surface area contributed by atoms with Gasteiger partial charge in [-0.05, 0) is 12.1 Å². The van der Waals surface area contributed by atoms with Crippen molar-refractivity contribution in [1.29, 1.82) is 0 Å². The van der Waals surface area contributed by atoms with Gasteiger partial charge in [-0.1, -0.05) is 0 Å². The third-order valence-corrected chi connectivity index (χ3v) is 3.52. The van der Waals surface area contributed by atoms with E-state index in [2.05, 4.69) is 5.32 Å². The van der Waals surface area contributed by atoms with Crippen LogP contribution in [-0.4, -0.2) is 44.8 Å². The van der Waals surface area contributed by atoms with Crippen LogP contribution in [0.2, 0.25) is 0 Å². The lowest BCUT2D eigenvalue weighted by Crippen LogP contribution is -2.28. The average Bonchev–Trinajstić information content (AvgIpc) is 2.54. The largest absolute Gasteiger partial charge is 0.494 e. The number of hydrogen-bond acceptors (Lipinski definition) is 4. The Kier molecular flexibility index (Phi) is 7.98. The van der Waals surface area contributed by atoms with Gasteiger partial charge in [-0.2, -0.15) is 0 Å². The first-order valence-electron chi connectivity index (χ1n) is 6.93. The number of anilines is 2. The normalized spacial score (nSPS) is 10.1. The molecule has 1 aromatic carbocycles. The van der Waals surface area contributed by atoms with E-state index in [4.69, 9.17) is 32.7 Å². The van der Waals surface area contributed by atoms with E-state index in [0.29, 0.717) is 22.9 Å². The van der Waals surface area contributed by atoms with E-state index in [0.717, 1.165) is 0 Å². The van der Waals surface area contributed by atoms with Crippen molar-refractivity contribution in [2.24, 2.45) is 0 Å². The van der Waals surface area contributed by atoms with Crippen LogP contribution in [0.25, 0.3) is 0 Å². The number of ether oxygens (including phenoxy) is 2. The van der Waals surface area contributed by atoms with Crippen LogP contribution < -0.4 is 19.7 Å². The van der Waals surface area contributed by atoms with E-state index < -0.39 is 0 Å². The van der Waals surface area contributed by atoms with Gasteiger partial charge in [-0.15, -0.1) is 23.2 Å². The van der Waals surface area contributed by atoms with Crippen molar-refractivity contribution in [3.05, 3.63) is 12.1 Å². The number of carbonyl (C=O) groups excluding carboxylic acids is 2. The van der Waals surface area contributed by atoms with Gasteiger partial charge in [-0.25, -0.2) is 0 Å². The van der Waals surface area contributed by atoms with Gasteiger partial charge in [0.1, 0.15) is 22.9 Å². The Morgan fingerprint density at radius 3 is 2.17 bits per heavy atom. The second kappa shape index (κ2) is 9.47. The Labute approximate surface area is 145 Å². The van der Waals surface area contributed by atoms with Crippen LogP contribution in [0.3, 0.4) is 0 Å². The third kappa shape index (κ3) is 4.91. The second-order valence-corrected chi connectivity index (χ2v) is 5.33. The Balaban J connectivity index is 3.37. The molecule has 2 amide bonds. The van der Waals surface area contributed by atoms with E-state index in [-0.39, 0.29) is 36.4 Å². The first-order chi connectivity index (χ1) is 11.0. The van der Waals surface area contributed by atoms with Gasteiger partial charge in [0.2, 0.25) is 11.8 Å². The van der Waals surface area contributed by atoms with Gasteiger partial charge in [0.15, 0.2) is 0 Å². The van der Waals surface area contributed by atoms with Gasteiger partial charge in [0.25, 0.3) is 0 Å². The van der Waals surface area contributed by atoms with E-state index in [9.17, 15) is 9.59 Å². The highest BCUT2D eigenvalue weighted by Gasteiger charge is 2.23. The maximum atomic E-state index is 12.2. The standard InChI is InChI=1S/C15H20Cl2N2O4/c1-19(13(21)7-9-17)15-11(23-3)5-4-10(22-2)14(15)18-12(20)6-8-16/h4-5H,6-9H2,1-3H3,(H,18,20). The van der Waals surface area contributed by atoms with Crippen LogP contribution in [0, 0.1) is 0 Å². The fourth-order valence-electron chi connectivity index (χ4n) is 2.00. The Morgan fingerprint density at radius 2 is 1.65 bits per heavy atom. The van der Waals surface area contributed by atoms with Crippen LogP contribution in [-0.2, 0) is 9.59 Å². The molecule has 0 fully saturated rings. The number of halogens is 2. The molecule has 0 heterocycles. The fraction of sp³-hybridized carbons (Fsp3) is 0.467. The number of alkyl halides is 2. The van der Waals surface area contributed by atoms with Crippen molar-refractivity contribution in [2.75, 3.05) is 43.2 Å². The number of benzene rings is 1. The topological polar surface area (TPSA) is 67.9 Å². The van der Waals surface area contributed by atoms with Crippen LogP contribution in [0.4, 0.5) is 11.4 Å². The Morgan fingerprint density at radius 1 is 1.09 bits per heavy atom. The van der Waals surface area contributed by atoms with Crippen molar-refractivity contribution in [3.8, 4) is 11.5 Å². The number of amides is 2. The fourth-order valence-corrected chi connectivity index (χ4v) is 2.34. The zero-order valence-electron chi connectivity index (χ0n) is 13.3. The summed E-state index contributed by atoms with van der Waals surface area (Å²) in [6.45, 7) is 0. The number of nitrogens with one attached hydrogen (secondary N) is 1. The number of nitrogens with zero attached hydrogens (tertiary/aromatic N) is 1. The van der Waals surface area contributed by atoms with E-state index in [1.807, 2.05) is 0 Å². The van der Waals surface area contributed by atoms with Gasteiger partial charge < -0.3 is 19.7 Å². The minimum Gasteiger partial charge on any atom is -0.494 e. The molecule has 128 valence electrons.